The Morgan fingerprint density at radius 2 is 1.61 bits per heavy atom. The third-order valence-electron chi connectivity index (χ3n) is 3.48. The van der Waals surface area contributed by atoms with Gasteiger partial charge in [0.1, 0.15) is 5.82 Å². The maximum atomic E-state index is 12.2. The second kappa shape index (κ2) is 7.22. The molecule has 0 saturated heterocycles. The molecule has 1 amide bonds. The molecule has 1 heterocycles. The molecule has 1 aromatic heterocycles. The fourth-order valence-corrected chi connectivity index (χ4v) is 2.06. The van der Waals surface area contributed by atoms with Crippen molar-refractivity contribution in [2.45, 2.75) is 39.5 Å². The average molecular weight is 312 g/mol. The first kappa shape index (κ1) is 16.9. The molecule has 0 spiro atoms. The molecule has 5 heteroatoms. The number of hydrogen-bond donors (Lipinski definition) is 2. The lowest BCUT2D eigenvalue weighted by Gasteiger charge is -2.19. The molecular weight excluding hydrogens is 288 g/mol. The molecule has 23 heavy (non-hydrogen) atoms. The van der Waals surface area contributed by atoms with Crippen molar-refractivity contribution in [3.8, 4) is 0 Å². The molecule has 0 saturated carbocycles. The Morgan fingerprint density at radius 1 is 1.00 bits per heavy atom. The fraction of sp³-hybridized carbons (Fsp3) is 0.389. The Labute approximate surface area is 137 Å². The van der Waals surface area contributed by atoms with E-state index in [2.05, 4.69) is 48.5 Å². The van der Waals surface area contributed by atoms with Crippen molar-refractivity contribution in [1.82, 2.24) is 10.2 Å². The molecule has 2 aromatic rings. The van der Waals surface area contributed by atoms with E-state index in [1.165, 1.54) is 5.56 Å². The van der Waals surface area contributed by atoms with Gasteiger partial charge in [0, 0.05) is 12.1 Å². The third-order valence-corrected chi connectivity index (χ3v) is 3.48. The average Bonchev–Trinajstić information content (AvgIpc) is 2.53. The highest BCUT2D eigenvalue weighted by molar-refractivity contribution is 6.03. The summed E-state index contributed by atoms with van der Waals surface area (Å²) in [7, 11) is 0. The van der Waals surface area contributed by atoms with Gasteiger partial charge in [-0.15, -0.1) is 10.2 Å². The van der Waals surface area contributed by atoms with E-state index in [4.69, 9.17) is 0 Å². The van der Waals surface area contributed by atoms with Gasteiger partial charge in [0.2, 0.25) is 0 Å². The summed E-state index contributed by atoms with van der Waals surface area (Å²) in [5.41, 5.74) is 1.87. The van der Waals surface area contributed by atoms with Crippen molar-refractivity contribution in [2.75, 3.05) is 17.2 Å². The van der Waals surface area contributed by atoms with E-state index in [9.17, 15) is 4.79 Å². The van der Waals surface area contributed by atoms with Crippen molar-refractivity contribution in [3.05, 3.63) is 47.5 Å². The lowest BCUT2D eigenvalue weighted by Crippen LogP contribution is -2.15. The SMILES string of the molecule is CCCNc1ccc(NC(=O)c2ccc(C(C)(C)C)cc2)nn1. The Kier molecular flexibility index (Phi) is 5.32. The first-order chi connectivity index (χ1) is 10.9. The van der Waals surface area contributed by atoms with E-state index in [0.29, 0.717) is 17.2 Å². The van der Waals surface area contributed by atoms with Crippen molar-refractivity contribution in [2.24, 2.45) is 0 Å². The molecule has 2 N–H and O–H groups in total. The van der Waals surface area contributed by atoms with Crippen LogP contribution in [0.4, 0.5) is 11.6 Å². The van der Waals surface area contributed by atoms with Gasteiger partial charge in [-0.1, -0.05) is 39.8 Å². The number of amides is 1. The lowest BCUT2D eigenvalue weighted by atomic mass is 9.87. The third kappa shape index (κ3) is 4.77. The van der Waals surface area contributed by atoms with Crippen LogP contribution in [-0.4, -0.2) is 22.6 Å². The molecule has 5 nitrogen and oxygen atoms in total. The molecule has 122 valence electrons. The maximum Gasteiger partial charge on any atom is 0.256 e. The minimum atomic E-state index is -0.186. The number of hydrogen-bond acceptors (Lipinski definition) is 4. The van der Waals surface area contributed by atoms with Gasteiger partial charge in [0.05, 0.1) is 0 Å². The van der Waals surface area contributed by atoms with Crippen LogP contribution in [0.5, 0.6) is 0 Å². The zero-order valence-electron chi connectivity index (χ0n) is 14.2. The summed E-state index contributed by atoms with van der Waals surface area (Å²) in [6, 6.07) is 11.2. The van der Waals surface area contributed by atoms with E-state index in [1.807, 2.05) is 24.3 Å². The number of benzene rings is 1. The highest BCUT2D eigenvalue weighted by atomic mass is 16.1. The van der Waals surface area contributed by atoms with Gasteiger partial charge >= 0.3 is 0 Å². The topological polar surface area (TPSA) is 66.9 Å². The van der Waals surface area contributed by atoms with Gasteiger partial charge in [-0.3, -0.25) is 4.79 Å². The minimum absolute atomic E-state index is 0.0712. The monoisotopic (exact) mass is 312 g/mol. The fourth-order valence-electron chi connectivity index (χ4n) is 2.06. The highest BCUT2D eigenvalue weighted by Crippen LogP contribution is 2.22. The molecule has 0 radical (unpaired) electrons. The number of carbonyl (C=O) groups excluding carboxylic acids is 1. The summed E-state index contributed by atoms with van der Waals surface area (Å²) in [6.07, 6.45) is 1.02. The van der Waals surface area contributed by atoms with Crippen LogP contribution in [0.2, 0.25) is 0 Å². The van der Waals surface area contributed by atoms with Crippen molar-refractivity contribution in [3.63, 3.8) is 0 Å². The van der Waals surface area contributed by atoms with Crippen LogP contribution in [0, 0.1) is 0 Å². The number of nitrogens with zero attached hydrogens (tertiary/aromatic N) is 2. The smallest absolute Gasteiger partial charge is 0.256 e. The number of anilines is 2. The highest BCUT2D eigenvalue weighted by Gasteiger charge is 2.14. The summed E-state index contributed by atoms with van der Waals surface area (Å²) < 4.78 is 0. The quantitative estimate of drug-likeness (QED) is 0.880. The molecule has 0 aliphatic rings. The zero-order valence-corrected chi connectivity index (χ0v) is 14.2. The molecule has 0 aliphatic carbocycles. The number of nitrogens with one attached hydrogen (secondary N) is 2. The van der Waals surface area contributed by atoms with Crippen LogP contribution >= 0.6 is 0 Å². The molecule has 0 fully saturated rings. The van der Waals surface area contributed by atoms with Crippen LogP contribution in [0.15, 0.2) is 36.4 Å². The van der Waals surface area contributed by atoms with Gasteiger partial charge in [-0.2, -0.15) is 0 Å². The second-order valence-electron chi connectivity index (χ2n) is 6.51. The Morgan fingerprint density at radius 3 is 2.13 bits per heavy atom. The van der Waals surface area contributed by atoms with E-state index in [-0.39, 0.29) is 11.3 Å². The number of rotatable bonds is 5. The molecule has 0 bridgehead atoms. The largest absolute Gasteiger partial charge is 0.369 e. The summed E-state index contributed by atoms with van der Waals surface area (Å²) in [5.74, 6) is 0.963. The Balaban J connectivity index is 2.01. The minimum Gasteiger partial charge on any atom is -0.369 e. The van der Waals surface area contributed by atoms with Crippen molar-refractivity contribution >= 4 is 17.5 Å². The first-order valence-electron chi connectivity index (χ1n) is 7.89. The molecule has 1 aromatic carbocycles. The summed E-state index contributed by atoms with van der Waals surface area (Å²) in [4.78, 5) is 12.2. The van der Waals surface area contributed by atoms with Gasteiger partial charge < -0.3 is 10.6 Å². The van der Waals surface area contributed by atoms with Crippen molar-refractivity contribution in [1.29, 1.82) is 0 Å². The normalized spacial score (nSPS) is 11.1. The Bertz CT molecular complexity index is 642. The number of aromatic nitrogens is 2. The van der Waals surface area contributed by atoms with E-state index in [0.717, 1.165) is 13.0 Å². The molecule has 0 unspecified atom stereocenters. The van der Waals surface area contributed by atoms with Crippen LogP contribution in [0.25, 0.3) is 0 Å². The lowest BCUT2D eigenvalue weighted by molar-refractivity contribution is 0.102. The van der Waals surface area contributed by atoms with Gasteiger partial charge in [-0.05, 0) is 41.7 Å². The summed E-state index contributed by atoms with van der Waals surface area (Å²) in [6.45, 7) is 9.36. The zero-order chi connectivity index (χ0) is 16.9. The van der Waals surface area contributed by atoms with E-state index < -0.39 is 0 Å². The summed E-state index contributed by atoms with van der Waals surface area (Å²) >= 11 is 0. The molecule has 2 rings (SSSR count). The van der Waals surface area contributed by atoms with Gasteiger partial charge in [0.25, 0.3) is 5.91 Å². The van der Waals surface area contributed by atoms with Crippen LogP contribution in [0.1, 0.15) is 50.0 Å². The predicted molar refractivity (Wildman–Crippen MR) is 93.9 cm³/mol. The van der Waals surface area contributed by atoms with Crippen LogP contribution in [-0.2, 0) is 5.41 Å². The summed E-state index contributed by atoms with van der Waals surface area (Å²) in [5, 5.41) is 13.9. The molecule has 0 aliphatic heterocycles. The Hall–Kier alpha value is -2.43. The van der Waals surface area contributed by atoms with Crippen molar-refractivity contribution < 1.29 is 4.79 Å². The predicted octanol–water partition coefficient (Wildman–Crippen LogP) is 3.85. The molecular formula is C18H24N4O. The standard InChI is InChI=1S/C18H24N4O/c1-5-12-19-15-10-11-16(22-21-15)20-17(23)13-6-8-14(9-7-13)18(2,3)4/h6-11H,5,12H2,1-4H3,(H,19,21)(H,20,22,23). The van der Waals surface area contributed by atoms with Crippen LogP contribution < -0.4 is 10.6 Å². The van der Waals surface area contributed by atoms with Gasteiger partial charge in [0.15, 0.2) is 5.82 Å². The maximum absolute atomic E-state index is 12.2. The van der Waals surface area contributed by atoms with Crippen LogP contribution in [0.3, 0.4) is 0 Å². The van der Waals surface area contributed by atoms with E-state index >= 15 is 0 Å². The number of carbonyl (C=O) groups is 1. The first-order valence-corrected chi connectivity index (χ1v) is 7.89. The van der Waals surface area contributed by atoms with E-state index in [1.54, 1.807) is 12.1 Å². The van der Waals surface area contributed by atoms with Gasteiger partial charge in [-0.25, -0.2) is 0 Å². The second-order valence-corrected chi connectivity index (χ2v) is 6.51. The molecule has 0 atom stereocenters.